The van der Waals surface area contributed by atoms with Crippen molar-refractivity contribution in [3.8, 4) is 0 Å². The number of aliphatic hydroxyl groups is 1. The summed E-state index contributed by atoms with van der Waals surface area (Å²) in [5.41, 5.74) is -0.281. The molecule has 0 unspecified atom stereocenters. The van der Waals surface area contributed by atoms with Crippen LogP contribution in [0.2, 0.25) is 0 Å². The SMILES string of the molecule is C=CCCC(=O)NC[C@H](C)OC(=O)[C@@H]1[C@@H]2CC[C@]3(O2)[C@H](C(=O)N(CC=C)Cc2ccccc2)N([C@H](C)CO)C(=O)[C@@H]13. The summed E-state index contributed by atoms with van der Waals surface area (Å²) in [7, 11) is 0. The minimum absolute atomic E-state index is 0.133. The second-order valence-corrected chi connectivity index (χ2v) is 11.2. The number of allylic oxidation sites excluding steroid dienone is 1. The highest BCUT2D eigenvalue weighted by atomic mass is 16.6. The summed E-state index contributed by atoms with van der Waals surface area (Å²) >= 11 is 0. The first-order chi connectivity index (χ1) is 19.7. The first-order valence-corrected chi connectivity index (χ1v) is 14.3. The molecule has 10 nitrogen and oxygen atoms in total. The molecule has 2 bridgehead atoms. The Hall–Kier alpha value is -3.50. The van der Waals surface area contributed by atoms with Crippen LogP contribution in [0, 0.1) is 11.8 Å². The van der Waals surface area contributed by atoms with Crippen molar-refractivity contribution in [1.82, 2.24) is 15.1 Å². The fourth-order valence-electron chi connectivity index (χ4n) is 6.46. The molecule has 2 N–H and O–H groups in total. The van der Waals surface area contributed by atoms with Gasteiger partial charge < -0.3 is 29.7 Å². The van der Waals surface area contributed by atoms with Crippen LogP contribution in [0.5, 0.6) is 0 Å². The fraction of sp³-hybridized carbons (Fsp3) is 0.548. The van der Waals surface area contributed by atoms with E-state index in [0.717, 1.165) is 5.56 Å². The molecule has 3 amide bonds. The summed E-state index contributed by atoms with van der Waals surface area (Å²) in [6.45, 7) is 11.1. The summed E-state index contributed by atoms with van der Waals surface area (Å²) in [5, 5.41) is 12.8. The van der Waals surface area contributed by atoms with Crippen molar-refractivity contribution >= 4 is 23.7 Å². The number of hydrogen-bond acceptors (Lipinski definition) is 7. The van der Waals surface area contributed by atoms with Gasteiger partial charge in [-0.25, -0.2) is 0 Å². The number of carbonyl (C=O) groups is 4. The van der Waals surface area contributed by atoms with Crippen LogP contribution >= 0.6 is 0 Å². The Morgan fingerprint density at radius 3 is 2.63 bits per heavy atom. The minimum atomic E-state index is -1.20. The molecule has 7 atom stereocenters. The largest absolute Gasteiger partial charge is 0.460 e. The van der Waals surface area contributed by atoms with Crippen LogP contribution in [0.1, 0.15) is 45.1 Å². The third-order valence-corrected chi connectivity index (χ3v) is 8.34. The van der Waals surface area contributed by atoms with Crippen molar-refractivity contribution in [2.24, 2.45) is 11.8 Å². The van der Waals surface area contributed by atoms with Crippen LogP contribution in [0.4, 0.5) is 0 Å². The summed E-state index contributed by atoms with van der Waals surface area (Å²) in [4.78, 5) is 56.8. The van der Waals surface area contributed by atoms with E-state index in [1.54, 1.807) is 30.9 Å². The Kier molecular flexibility index (Phi) is 9.65. The molecule has 10 heteroatoms. The highest BCUT2D eigenvalue weighted by molar-refractivity contribution is 5.98. The Bertz CT molecular complexity index is 1160. The van der Waals surface area contributed by atoms with Gasteiger partial charge in [0.05, 0.1) is 37.1 Å². The van der Waals surface area contributed by atoms with Gasteiger partial charge >= 0.3 is 5.97 Å². The lowest BCUT2D eigenvalue weighted by molar-refractivity contribution is -0.160. The lowest BCUT2D eigenvalue weighted by atomic mass is 9.70. The van der Waals surface area contributed by atoms with E-state index < -0.39 is 53.6 Å². The van der Waals surface area contributed by atoms with Crippen LogP contribution < -0.4 is 5.32 Å². The van der Waals surface area contributed by atoms with E-state index in [4.69, 9.17) is 9.47 Å². The van der Waals surface area contributed by atoms with Crippen molar-refractivity contribution < 1.29 is 33.8 Å². The van der Waals surface area contributed by atoms with Gasteiger partial charge in [0, 0.05) is 19.5 Å². The minimum Gasteiger partial charge on any atom is -0.460 e. The number of carbonyl (C=O) groups excluding carboxylic acids is 4. The molecule has 41 heavy (non-hydrogen) atoms. The monoisotopic (exact) mass is 567 g/mol. The number of benzene rings is 1. The maximum Gasteiger partial charge on any atom is 0.312 e. The number of likely N-dealkylation sites (tertiary alicyclic amines) is 1. The van der Waals surface area contributed by atoms with Gasteiger partial charge in [-0.2, -0.15) is 0 Å². The van der Waals surface area contributed by atoms with Crippen LogP contribution in [0.3, 0.4) is 0 Å². The Balaban J connectivity index is 1.57. The molecule has 4 rings (SSSR count). The maximum atomic E-state index is 14.3. The number of rotatable bonds is 14. The van der Waals surface area contributed by atoms with E-state index in [2.05, 4.69) is 18.5 Å². The molecule has 3 heterocycles. The average molecular weight is 568 g/mol. The number of nitrogens with zero attached hydrogens (tertiary/aromatic N) is 2. The predicted octanol–water partition coefficient (Wildman–Crippen LogP) is 1.97. The van der Waals surface area contributed by atoms with Gasteiger partial charge in [0.25, 0.3) is 0 Å². The van der Waals surface area contributed by atoms with E-state index >= 15 is 0 Å². The number of hydrogen-bond donors (Lipinski definition) is 2. The number of esters is 1. The summed E-state index contributed by atoms with van der Waals surface area (Å²) < 4.78 is 12.1. The summed E-state index contributed by atoms with van der Waals surface area (Å²) in [6, 6.07) is 7.86. The molecule has 3 saturated heterocycles. The van der Waals surface area contributed by atoms with Crippen molar-refractivity contribution in [2.75, 3.05) is 19.7 Å². The highest BCUT2D eigenvalue weighted by Crippen LogP contribution is 2.59. The summed E-state index contributed by atoms with van der Waals surface area (Å²) in [5.74, 6) is -3.25. The van der Waals surface area contributed by atoms with Crippen LogP contribution in [-0.2, 0) is 35.2 Å². The fourth-order valence-corrected chi connectivity index (χ4v) is 6.46. The van der Waals surface area contributed by atoms with Gasteiger partial charge in [0.1, 0.15) is 17.7 Å². The normalized spacial score (nSPS) is 27.6. The van der Waals surface area contributed by atoms with Crippen molar-refractivity contribution in [3.63, 3.8) is 0 Å². The molecule has 1 aromatic carbocycles. The Morgan fingerprint density at radius 1 is 1.24 bits per heavy atom. The quantitative estimate of drug-likeness (QED) is 0.260. The van der Waals surface area contributed by atoms with E-state index in [-0.39, 0.29) is 31.5 Å². The molecule has 1 aromatic rings. The van der Waals surface area contributed by atoms with E-state index in [0.29, 0.717) is 32.2 Å². The van der Waals surface area contributed by atoms with Gasteiger partial charge in [0.15, 0.2) is 0 Å². The molecule has 0 radical (unpaired) electrons. The van der Waals surface area contributed by atoms with Crippen molar-refractivity contribution in [1.29, 1.82) is 0 Å². The number of nitrogens with one attached hydrogen (secondary N) is 1. The van der Waals surface area contributed by atoms with Gasteiger partial charge in [-0.15, -0.1) is 13.2 Å². The Morgan fingerprint density at radius 2 is 1.98 bits per heavy atom. The number of amides is 3. The van der Waals surface area contributed by atoms with E-state index in [9.17, 15) is 24.3 Å². The molecule has 1 spiro atoms. The molecular formula is C31H41N3O7. The van der Waals surface area contributed by atoms with Crippen molar-refractivity contribution in [3.05, 3.63) is 61.2 Å². The van der Waals surface area contributed by atoms with Crippen LogP contribution in [0.25, 0.3) is 0 Å². The number of fused-ring (bicyclic) bond motifs is 1. The van der Waals surface area contributed by atoms with Crippen molar-refractivity contribution in [2.45, 2.75) is 76.0 Å². The maximum absolute atomic E-state index is 14.3. The zero-order valence-corrected chi connectivity index (χ0v) is 23.9. The zero-order valence-electron chi connectivity index (χ0n) is 23.9. The third kappa shape index (κ3) is 5.94. The smallest absolute Gasteiger partial charge is 0.312 e. The molecule has 3 aliphatic rings. The van der Waals surface area contributed by atoms with Gasteiger partial charge in [-0.05, 0) is 38.7 Å². The van der Waals surface area contributed by atoms with Gasteiger partial charge in [-0.1, -0.05) is 42.5 Å². The molecule has 0 aromatic heterocycles. The zero-order chi connectivity index (χ0) is 29.7. The Labute approximate surface area is 241 Å². The molecule has 3 aliphatic heterocycles. The van der Waals surface area contributed by atoms with Gasteiger partial charge in [0.2, 0.25) is 17.7 Å². The third-order valence-electron chi connectivity index (χ3n) is 8.34. The predicted molar refractivity (Wildman–Crippen MR) is 151 cm³/mol. The first kappa shape index (κ1) is 30.5. The number of aliphatic hydroxyl groups excluding tert-OH is 1. The summed E-state index contributed by atoms with van der Waals surface area (Å²) in [6.07, 6.45) is 3.89. The topological polar surface area (TPSA) is 125 Å². The number of ether oxygens (including phenoxy) is 2. The van der Waals surface area contributed by atoms with E-state index in [1.165, 1.54) is 4.90 Å². The standard InChI is InChI=1S/C31H41N3O7/c1-5-7-13-24(36)32-17-21(4)40-30(39)25-23-14-15-31(41-23)26(25)28(37)34(20(3)19-35)27(31)29(38)33(16-6-2)18-22-11-9-8-10-12-22/h5-6,8-12,20-21,23,25-27,35H,1-2,7,13-19H2,3-4H3,(H,32,36)/t20-,21+,23+,25-,26-,27+,31-/m1/s1. The molecule has 3 fully saturated rings. The lowest BCUT2D eigenvalue weighted by Gasteiger charge is -2.38. The molecule has 222 valence electrons. The first-order valence-electron chi connectivity index (χ1n) is 14.3. The lowest BCUT2D eigenvalue weighted by Crippen LogP contribution is -2.58. The second-order valence-electron chi connectivity index (χ2n) is 11.2. The molecule has 0 aliphatic carbocycles. The van der Waals surface area contributed by atoms with E-state index in [1.807, 2.05) is 30.3 Å². The van der Waals surface area contributed by atoms with Crippen LogP contribution in [0.15, 0.2) is 55.6 Å². The van der Waals surface area contributed by atoms with Gasteiger partial charge in [-0.3, -0.25) is 19.2 Å². The molecule has 0 saturated carbocycles. The highest BCUT2D eigenvalue weighted by Gasteiger charge is 2.75. The molecular weight excluding hydrogens is 526 g/mol. The van der Waals surface area contributed by atoms with Crippen LogP contribution in [-0.4, -0.2) is 88.2 Å². The second kappa shape index (κ2) is 13.0. The average Bonchev–Trinajstić information content (AvgIpc) is 3.61.